The number of hydrogen-bond donors (Lipinski definition) is 2. The number of aromatic hydroxyl groups is 1. The number of alkyl halides is 1. The van der Waals surface area contributed by atoms with Crippen LogP contribution in [0.1, 0.15) is 23.1 Å². The zero-order chi connectivity index (χ0) is 23.5. The fourth-order valence-electron chi connectivity index (χ4n) is 3.68. The van der Waals surface area contributed by atoms with Crippen molar-refractivity contribution in [1.29, 1.82) is 0 Å². The molecule has 0 saturated heterocycles. The Morgan fingerprint density at radius 2 is 1.64 bits per heavy atom. The molecule has 2 N–H and O–H groups in total. The minimum Gasteiger partial charge on any atom is -0.504 e. The summed E-state index contributed by atoms with van der Waals surface area (Å²) < 4.78 is 5.49. The number of ether oxygens (including phenoxy) is 1. The number of thiocarbonyl (C=S) groups is 1. The van der Waals surface area contributed by atoms with Gasteiger partial charge >= 0.3 is 0 Å². The summed E-state index contributed by atoms with van der Waals surface area (Å²) >= 11 is 8.33. The molecule has 174 valence electrons. The molecule has 33 heavy (non-hydrogen) atoms. The number of nitrogens with one attached hydrogen (secondary N) is 1. The van der Waals surface area contributed by atoms with Gasteiger partial charge in [-0.3, -0.25) is 0 Å². The highest BCUT2D eigenvalue weighted by Gasteiger charge is 2.19. The summed E-state index contributed by atoms with van der Waals surface area (Å²) in [4.78, 5) is 2.30. The van der Waals surface area contributed by atoms with Crippen LogP contribution in [0.2, 0.25) is 0 Å². The van der Waals surface area contributed by atoms with E-state index < -0.39 is 0 Å². The van der Waals surface area contributed by atoms with E-state index in [-0.39, 0.29) is 9.80 Å². The van der Waals surface area contributed by atoms with Gasteiger partial charge in [0.1, 0.15) is 0 Å². The highest BCUT2D eigenvalue weighted by Crippen LogP contribution is 2.27. The van der Waals surface area contributed by atoms with E-state index in [1.165, 1.54) is 11.1 Å². The molecule has 1 unspecified atom stereocenters. The molecular formula is C27H31IN2O2S. The molecule has 1 atom stereocenters. The van der Waals surface area contributed by atoms with Crippen LogP contribution in [0, 0.1) is 0 Å². The first-order valence-electron chi connectivity index (χ1n) is 11.2. The molecule has 0 fully saturated rings. The van der Waals surface area contributed by atoms with E-state index in [0.29, 0.717) is 5.75 Å². The third-order valence-electron chi connectivity index (χ3n) is 5.49. The van der Waals surface area contributed by atoms with Crippen molar-refractivity contribution in [3.8, 4) is 11.5 Å². The first kappa shape index (κ1) is 25.3. The van der Waals surface area contributed by atoms with E-state index >= 15 is 0 Å². The number of halogens is 1. The fraction of sp³-hybridized carbons (Fsp3) is 0.296. The number of benzene rings is 3. The fourth-order valence-corrected chi connectivity index (χ4v) is 5.25. The molecule has 3 aromatic carbocycles. The van der Waals surface area contributed by atoms with Crippen molar-refractivity contribution < 1.29 is 9.84 Å². The summed E-state index contributed by atoms with van der Waals surface area (Å²) in [5, 5.41) is 14.1. The van der Waals surface area contributed by atoms with Crippen LogP contribution in [0.4, 0.5) is 0 Å². The number of nitrogens with zero attached hydrogens (tertiary/aromatic N) is 1. The van der Waals surface area contributed by atoms with Gasteiger partial charge < -0.3 is 20.1 Å². The monoisotopic (exact) mass is 574 g/mol. The Kier molecular flexibility index (Phi) is 10.3. The molecule has 0 saturated carbocycles. The van der Waals surface area contributed by atoms with Gasteiger partial charge in [0.25, 0.3) is 0 Å². The van der Waals surface area contributed by atoms with Crippen LogP contribution in [0.25, 0.3) is 0 Å². The maximum absolute atomic E-state index is 9.84. The Hall–Kier alpha value is -2.32. The summed E-state index contributed by atoms with van der Waals surface area (Å²) in [5.74, 6) is 0.681. The van der Waals surface area contributed by atoms with Crippen LogP contribution in [-0.2, 0) is 19.3 Å². The summed E-state index contributed by atoms with van der Waals surface area (Å²) in [7, 11) is 1.57. The lowest BCUT2D eigenvalue weighted by molar-refractivity contribution is 0.372. The van der Waals surface area contributed by atoms with E-state index in [1.54, 1.807) is 13.2 Å². The topological polar surface area (TPSA) is 44.7 Å². The van der Waals surface area contributed by atoms with Gasteiger partial charge in [0.15, 0.2) is 16.6 Å². The first-order valence-corrected chi connectivity index (χ1v) is 12.8. The number of phenols is 1. The van der Waals surface area contributed by atoms with Gasteiger partial charge in [0.05, 0.1) is 11.2 Å². The zero-order valence-electron chi connectivity index (χ0n) is 18.9. The van der Waals surface area contributed by atoms with Crippen molar-refractivity contribution in [2.45, 2.75) is 29.7 Å². The second kappa shape index (κ2) is 13.4. The molecule has 6 heteroatoms. The predicted molar refractivity (Wildman–Crippen MR) is 148 cm³/mol. The van der Waals surface area contributed by atoms with E-state index in [1.807, 2.05) is 24.3 Å². The molecule has 0 spiro atoms. The van der Waals surface area contributed by atoms with Crippen molar-refractivity contribution in [2.24, 2.45) is 0 Å². The van der Waals surface area contributed by atoms with Crippen LogP contribution >= 0.6 is 34.8 Å². The second-order valence-electron chi connectivity index (χ2n) is 7.89. The third-order valence-corrected chi connectivity index (χ3v) is 6.98. The van der Waals surface area contributed by atoms with E-state index in [0.717, 1.165) is 49.4 Å². The Morgan fingerprint density at radius 3 is 2.30 bits per heavy atom. The molecular weight excluding hydrogens is 543 g/mol. The molecule has 0 aliphatic heterocycles. The average Bonchev–Trinajstić information content (AvgIpc) is 2.84. The lowest BCUT2D eigenvalue weighted by Crippen LogP contribution is -2.45. The number of rotatable bonds is 11. The minimum absolute atomic E-state index is 0.168. The molecule has 4 nitrogen and oxygen atoms in total. The zero-order valence-corrected chi connectivity index (χ0v) is 21.9. The Morgan fingerprint density at radius 1 is 0.970 bits per heavy atom. The normalized spacial score (nSPS) is 11.6. The minimum atomic E-state index is 0.168. The van der Waals surface area contributed by atoms with Gasteiger partial charge in [-0.25, -0.2) is 0 Å². The maximum Gasteiger partial charge on any atom is 0.169 e. The number of aryl methyl sites for hydroxylation is 1. The van der Waals surface area contributed by atoms with Gasteiger partial charge in [-0.15, -0.1) is 0 Å². The summed E-state index contributed by atoms with van der Waals surface area (Å²) in [6, 6.07) is 26.5. The molecule has 3 aromatic rings. The van der Waals surface area contributed by atoms with E-state index in [2.05, 4.69) is 81.3 Å². The molecule has 0 heterocycles. The van der Waals surface area contributed by atoms with Crippen molar-refractivity contribution in [1.82, 2.24) is 10.2 Å². The standard InChI is InChI=1S/C27H31IN2O2S/c1-32-25-19-23(14-15-24(25)31)13-8-18-30(26(28)20-22-11-6-3-7-12-22)27(33)29-17-16-21-9-4-2-5-10-21/h2-7,9-12,14-15,19,26,31H,8,13,16-18,20H2,1H3,(H,29,33). The van der Waals surface area contributed by atoms with Crippen LogP contribution in [0.3, 0.4) is 0 Å². The summed E-state index contributed by atoms with van der Waals surface area (Å²) in [6.07, 6.45) is 3.69. The molecule has 0 aromatic heterocycles. The predicted octanol–water partition coefficient (Wildman–Crippen LogP) is 5.76. The van der Waals surface area contributed by atoms with Crippen LogP contribution < -0.4 is 10.1 Å². The largest absolute Gasteiger partial charge is 0.504 e. The summed E-state index contributed by atoms with van der Waals surface area (Å²) in [6.45, 7) is 1.66. The SMILES string of the molecule is COc1cc(CCCN(C(=S)NCCc2ccccc2)C(I)Cc2ccccc2)ccc1O. The molecule has 3 rings (SSSR count). The third kappa shape index (κ3) is 8.19. The smallest absolute Gasteiger partial charge is 0.169 e. The van der Waals surface area contributed by atoms with Gasteiger partial charge in [0.2, 0.25) is 0 Å². The van der Waals surface area contributed by atoms with Gasteiger partial charge in [-0.1, -0.05) is 89.3 Å². The van der Waals surface area contributed by atoms with Crippen LogP contribution in [-0.4, -0.2) is 39.4 Å². The molecule has 0 aliphatic carbocycles. The Bertz CT molecular complexity index is 1000. The second-order valence-corrected chi connectivity index (χ2v) is 9.72. The highest BCUT2D eigenvalue weighted by molar-refractivity contribution is 14.1. The number of methoxy groups -OCH3 is 1. The Balaban J connectivity index is 1.60. The van der Waals surface area contributed by atoms with E-state index in [4.69, 9.17) is 17.0 Å². The van der Waals surface area contributed by atoms with Crippen LogP contribution in [0.15, 0.2) is 78.9 Å². The molecule has 0 amide bonds. The van der Waals surface area contributed by atoms with Gasteiger partial charge in [-0.05, 0) is 60.3 Å². The van der Waals surface area contributed by atoms with E-state index in [9.17, 15) is 5.11 Å². The van der Waals surface area contributed by atoms with Crippen LogP contribution in [0.5, 0.6) is 11.5 Å². The molecule has 0 radical (unpaired) electrons. The van der Waals surface area contributed by atoms with Gasteiger partial charge in [-0.2, -0.15) is 0 Å². The lowest BCUT2D eigenvalue weighted by atomic mass is 10.1. The number of phenolic OH excluding ortho intramolecular Hbond substituents is 1. The van der Waals surface area contributed by atoms with Gasteiger partial charge in [0, 0.05) is 19.5 Å². The first-order chi connectivity index (χ1) is 16.1. The summed E-state index contributed by atoms with van der Waals surface area (Å²) in [5.41, 5.74) is 3.74. The number of hydrogen-bond acceptors (Lipinski definition) is 3. The average molecular weight is 575 g/mol. The van der Waals surface area contributed by atoms with Crippen molar-refractivity contribution in [2.75, 3.05) is 20.2 Å². The van der Waals surface area contributed by atoms with Crippen molar-refractivity contribution >= 4 is 39.9 Å². The Labute approximate surface area is 216 Å². The van der Waals surface area contributed by atoms with Crippen molar-refractivity contribution in [3.63, 3.8) is 0 Å². The van der Waals surface area contributed by atoms with Crippen molar-refractivity contribution in [3.05, 3.63) is 95.6 Å². The molecule has 0 bridgehead atoms. The highest BCUT2D eigenvalue weighted by atomic mass is 127. The quantitative estimate of drug-likeness (QED) is 0.132. The molecule has 0 aliphatic rings. The lowest BCUT2D eigenvalue weighted by Gasteiger charge is -2.31. The maximum atomic E-state index is 9.84.